The minimum Gasteiger partial charge on any atom is -0.481 e. The number of hydrogen-bond donors (Lipinski definition) is 1. The molecular formula is C7H9NO2S. The number of nitriles is 1. The van der Waals surface area contributed by atoms with Crippen molar-refractivity contribution in [1.82, 2.24) is 0 Å². The van der Waals surface area contributed by atoms with Gasteiger partial charge in [0.25, 0.3) is 0 Å². The molecule has 0 aliphatic carbocycles. The van der Waals surface area contributed by atoms with E-state index in [0.717, 1.165) is 5.75 Å². The number of carboxylic acids is 1. The molecule has 1 N–H and O–H groups in total. The molecule has 1 rings (SSSR count). The van der Waals surface area contributed by atoms with Crippen molar-refractivity contribution in [1.29, 1.82) is 5.26 Å². The molecule has 2 atom stereocenters. The van der Waals surface area contributed by atoms with Gasteiger partial charge in [0.2, 0.25) is 0 Å². The van der Waals surface area contributed by atoms with Gasteiger partial charge in [0.1, 0.15) is 0 Å². The van der Waals surface area contributed by atoms with Crippen molar-refractivity contribution in [2.45, 2.75) is 6.42 Å². The first-order chi connectivity index (χ1) is 5.25. The van der Waals surface area contributed by atoms with Gasteiger partial charge in [0, 0.05) is 5.75 Å². The molecule has 1 aliphatic heterocycles. The average Bonchev–Trinajstić information content (AvgIpc) is 2.04. The van der Waals surface area contributed by atoms with E-state index in [2.05, 4.69) is 0 Å². The van der Waals surface area contributed by atoms with E-state index in [-0.39, 0.29) is 5.92 Å². The van der Waals surface area contributed by atoms with Crippen molar-refractivity contribution in [2.75, 3.05) is 11.5 Å². The molecule has 0 bridgehead atoms. The van der Waals surface area contributed by atoms with Crippen LogP contribution in [0.1, 0.15) is 6.42 Å². The summed E-state index contributed by atoms with van der Waals surface area (Å²) in [7, 11) is 0. The van der Waals surface area contributed by atoms with Gasteiger partial charge < -0.3 is 5.11 Å². The van der Waals surface area contributed by atoms with Gasteiger partial charge in [-0.3, -0.25) is 4.79 Å². The summed E-state index contributed by atoms with van der Waals surface area (Å²) in [5, 5.41) is 17.3. The third kappa shape index (κ3) is 1.87. The van der Waals surface area contributed by atoms with Gasteiger partial charge in [-0.1, -0.05) is 0 Å². The maximum atomic E-state index is 10.6. The Morgan fingerprint density at radius 1 is 1.73 bits per heavy atom. The van der Waals surface area contributed by atoms with Gasteiger partial charge in [-0.15, -0.1) is 0 Å². The Kier molecular flexibility index (Phi) is 2.77. The highest BCUT2D eigenvalue weighted by molar-refractivity contribution is 7.99. The zero-order valence-electron chi connectivity index (χ0n) is 5.99. The van der Waals surface area contributed by atoms with Crippen LogP contribution in [0.25, 0.3) is 0 Å². The lowest BCUT2D eigenvalue weighted by Crippen LogP contribution is -2.28. The lowest BCUT2D eigenvalue weighted by atomic mass is 9.92. The predicted molar refractivity (Wildman–Crippen MR) is 42.2 cm³/mol. The van der Waals surface area contributed by atoms with Crippen LogP contribution in [0, 0.1) is 23.2 Å². The van der Waals surface area contributed by atoms with Gasteiger partial charge in [-0.05, 0) is 12.2 Å². The number of thioether (sulfide) groups is 1. The third-order valence-electron chi connectivity index (χ3n) is 1.84. The van der Waals surface area contributed by atoms with Crippen LogP contribution < -0.4 is 0 Å². The van der Waals surface area contributed by atoms with Crippen LogP contribution in [-0.4, -0.2) is 22.6 Å². The Labute approximate surface area is 69.4 Å². The predicted octanol–water partition coefficient (Wildman–Crippen LogP) is 0.964. The normalized spacial score (nSPS) is 30.8. The molecule has 0 aromatic rings. The van der Waals surface area contributed by atoms with Gasteiger partial charge in [-0.2, -0.15) is 17.0 Å². The SMILES string of the molecule is N#C[C@H]1CSCC[C@H]1C(=O)O. The summed E-state index contributed by atoms with van der Waals surface area (Å²) < 4.78 is 0. The van der Waals surface area contributed by atoms with Crippen LogP contribution in [0.5, 0.6) is 0 Å². The largest absolute Gasteiger partial charge is 0.481 e. The lowest BCUT2D eigenvalue weighted by Gasteiger charge is -2.22. The zero-order valence-corrected chi connectivity index (χ0v) is 6.80. The Morgan fingerprint density at radius 2 is 2.45 bits per heavy atom. The molecule has 0 spiro atoms. The Morgan fingerprint density at radius 3 is 2.91 bits per heavy atom. The Hall–Kier alpha value is -0.690. The summed E-state index contributed by atoms with van der Waals surface area (Å²) >= 11 is 1.66. The fourth-order valence-corrected chi connectivity index (χ4v) is 2.31. The summed E-state index contributed by atoms with van der Waals surface area (Å²) in [6.45, 7) is 0. The van der Waals surface area contributed by atoms with Gasteiger partial charge in [0.15, 0.2) is 0 Å². The summed E-state index contributed by atoms with van der Waals surface area (Å²) in [6.07, 6.45) is 0.637. The minimum atomic E-state index is -0.822. The fraction of sp³-hybridized carbons (Fsp3) is 0.714. The number of carbonyl (C=O) groups is 1. The summed E-state index contributed by atoms with van der Waals surface area (Å²) in [6, 6.07) is 2.03. The van der Waals surface area contributed by atoms with E-state index in [0.29, 0.717) is 12.2 Å². The molecule has 1 aliphatic rings. The standard InChI is InChI=1S/C7H9NO2S/c8-3-5-4-11-2-1-6(5)7(9)10/h5-6H,1-2,4H2,(H,9,10)/t5-,6+/m0/s1. The zero-order chi connectivity index (χ0) is 8.27. The molecule has 0 aromatic carbocycles. The number of nitrogens with zero attached hydrogens (tertiary/aromatic N) is 1. The Bertz CT molecular complexity index is 199. The molecule has 1 heterocycles. The van der Waals surface area contributed by atoms with Crippen LogP contribution in [-0.2, 0) is 4.79 Å². The van der Waals surface area contributed by atoms with Gasteiger partial charge >= 0.3 is 5.97 Å². The first-order valence-electron chi connectivity index (χ1n) is 3.46. The monoisotopic (exact) mass is 171 g/mol. The second kappa shape index (κ2) is 3.63. The van der Waals surface area contributed by atoms with Gasteiger partial charge in [0.05, 0.1) is 17.9 Å². The van der Waals surface area contributed by atoms with Crippen LogP contribution in [0.2, 0.25) is 0 Å². The van der Waals surface area contributed by atoms with Crippen molar-refractivity contribution < 1.29 is 9.90 Å². The van der Waals surface area contributed by atoms with Gasteiger partial charge in [-0.25, -0.2) is 0 Å². The van der Waals surface area contributed by atoms with Crippen LogP contribution in [0.15, 0.2) is 0 Å². The molecule has 60 valence electrons. The second-order valence-electron chi connectivity index (χ2n) is 2.54. The molecule has 3 nitrogen and oxygen atoms in total. The summed E-state index contributed by atoms with van der Waals surface area (Å²) in [4.78, 5) is 10.6. The highest BCUT2D eigenvalue weighted by atomic mass is 32.2. The molecule has 4 heteroatoms. The molecule has 1 fully saturated rings. The molecule has 0 aromatic heterocycles. The smallest absolute Gasteiger partial charge is 0.307 e. The van der Waals surface area contributed by atoms with E-state index in [1.54, 1.807) is 11.8 Å². The highest BCUT2D eigenvalue weighted by Gasteiger charge is 2.30. The molecular weight excluding hydrogens is 162 g/mol. The van der Waals surface area contributed by atoms with Crippen molar-refractivity contribution >= 4 is 17.7 Å². The number of rotatable bonds is 1. The molecule has 0 radical (unpaired) electrons. The summed E-state index contributed by atoms with van der Waals surface area (Å²) in [5.74, 6) is 0.00662. The van der Waals surface area contributed by atoms with Crippen molar-refractivity contribution in [3.63, 3.8) is 0 Å². The van der Waals surface area contributed by atoms with Crippen LogP contribution in [0.3, 0.4) is 0 Å². The molecule has 0 amide bonds. The van der Waals surface area contributed by atoms with E-state index in [1.165, 1.54) is 0 Å². The quantitative estimate of drug-likeness (QED) is 0.638. The van der Waals surface area contributed by atoms with Crippen LogP contribution >= 0.6 is 11.8 Å². The van der Waals surface area contributed by atoms with Crippen LogP contribution in [0.4, 0.5) is 0 Å². The van der Waals surface area contributed by atoms with Crippen molar-refractivity contribution in [2.24, 2.45) is 11.8 Å². The number of hydrogen-bond acceptors (Lipinski definition) is 3. The van der Waals surface area contributed by atoms with Crippen molar-refractivity contribution in [3.05, 3.63) is 0 Å². The third-order valence-corrected chi connectivity index (χ3v) is 2.96. The van der Waals surface area contributed by atoms with E-state index in [4.69, 9.17) is 10.4 Å². The van der Waals surface area contributed by atoms with E-state index < -0.39 is 11.9 Å². The van der Waals surface area contributed by atoms with Crippen molar-refractivity contribution in [3.8, 4) is 6.07 Å². The number of aliphatic carboxylic acids is 1. The van der Waals surface area contributed by atoms with E-state index in [1.807, 2.05) is 6.07 Å². The minimum absolute atomic E-state index is 0.286. The fourth-order valence-electron chi connectivity index (χ4n) is 1.16. The first kappa shape index (κ1) is 8.41. The Balaban J connectivity index is 2.60. The molecule has 0 unspecified atom stereocenters. The lowest BCUT2D eigenvalue weighted by molar-refractivity contribution is -0.142. The molecule has 11 heavy (non-hydrogen) atoms. The molecule has 0 saturated carbocycles. The maximum Gasteiger partial charge on any atom is 0.307 e. The second-order valence-corrected chi connectivity index (χ2v) is 3.69. The maximum absolute atomic E-state index is 10.6. The average molecular weight is 171 g/mol. The number of carboxylic acid groups (broad SMARTS) is 1. The summed E-state index contributed by atoms with van der Waals surface area (Å²) in [5.41, 5.74) is 0. The first-order valence-corrected chi connectivity index (χ1v) is 4.61. The topological polar surface area (TPSA) is 61.1 Å². The highest BCUT2D eigenvalue weighted by Crippen LogP contribution is 2.28. The molecule has 1 saturated heterocycles. The van der Waals surface area contributed by atoms with E-state index >= 15 is 0 Å². The van der Waals surface area contributed by atoms with E-state index in [9.17, 15) is 4.79 Å².